The lowest BCUT2D eigenvalue weighted by atomic mass is 10.0. The number of benzene rings is 2. The van der Waals surface area contributed by atoms with Crippen LogP contribution in [0.1, 0.15) is 34.2 Å². The highest BCUT2D eigenvalue weighted by Crippen LogP contribution is 2.29. The number of fused-ring (bicyclic) bond motifs is 1. The third kappa shape index (κ3) is 3.69. The minimum Gasteiger partial charge on any atom is -0.507 e. The average Bonchev–Trinajstić information content (AvgIpc) is 3.11. The van der Waals surface area contributed by atoms with Crippen molar-refractivity contribution in [2.75, 3.05) is 26.2 Å². The summed E-state index contributed by atoms with van der Waals surface area (Å²) in [6, 6.07) is 9.44. The minimum absolute atomic E-state index is 0.385. The summed E-state index contributed by atoms with van der Waals surface area (Å²) in [4.78, 5) is 1.70. The van der Waals surface area contributed by atoms with E-state index in [9.17, 15) is 13.5 Å². The van der Waals surface area contributed by atoms with Crippen LogP contribution in [-0.4, -0.2) is 44.0 Å². The van der Waals surface area contributed by atoms with Crippen molar-refractivity contribution >= 4 is 10.0 Å². The molecule has 1 aliphatic carbocycles. The van der Waals surface area contributed by atoms with Crippen LogP contribution >= 0.6 is 0 Å². The summed E-state index contributed by atoms with van der Waals surface area (Å²) in [6.45, 7) is 7.20. The second-order valence-electron chi connectivity index (χ2n) is 8.18. The second-order valence-corrected chi connectivity index (χ2v) is 10.1. The molecule has 1 heterocycles. The molecule has 0 spiro atoms. The van der Waals surface area contributed by atoms with Crippen LogP contribution in [-0.2, 0) is 29.4 Å². The van der Waals surface area contributed by atoms with E-state index in [1.54, 1.807) is 16.4 Å². The van der Waals surface area contributed by atoms with Crippen LogP contribution in [0.15, 0.2) is 35.2 Å². The first kappa shape index (κ1) is 19.4. The van der Waals surface area contributed by atoms with E-state index >= 15 is 0 Å². The van der Waals surface area contributed by atoms with Crippen molar-refractivity contribution in [2.45, 2.75) is 44.6 Å². The Morgan fingerprint density at radius 1 is 1.00 bits per heavy atom. The molecular weight excluding hydrogens is 372 g/mol. The number of nitrogens with one attached hydrogen (secondary N) is 1. The Labute approximate surface area is 167 Å². The van der Waals surface area contributed by atoms with Gasteiger partial charge < -0.3 is 10.0 Å². The Hall–Kier alpha value is -1.89. The van der Waals surface area contributed by atoms with Gasteiger partial charge in [-0.25, -0.2) is 8.42 Å². The van der Waals surface area contributed by atoms with Gasteiger partial charge in [-0.2, -0.15) is 4.31 Å². The molecule has 0 saturated carbocycles. The lowest BCUT2D eigenvalue weighted by Gasteiger charge is -2.31. The SMILES string of the molecule is Cc1ccc(S(=O)(=O)N2CC[NH+](Cc3cc4c(cc3O)CCC4)CC2)cc1C. The molecule has 1 saturated heterocycles. The first-order chi connectivity index (χ1) is 13.3. The molecule has 0 aromatic heterocycles. The molecule has 150 valence electrons. The summed E-state index contributed by atoms with van der Waals surface area (Å²) in [6.07, 6.45) is 3.32. The summed E-state index contributed by atoms with van der Waals surface area (Å²) in [5, 5.41) is 10.4. The molecule has 2 aliphatic rings. The topological polar surface area (TPSA) is 62.0 Å². The molecule has 0 radical (unpaired) electrons. The number of nitrogens with zero attached hydrogens (tertiary/aromatic N) is 1. The third-order valence-electron chi connectivity index (χ3n) is 6.28. The average molecular weight is 402 g/mol. The van der Waals surface area contributed by atoms with Crippen molar-refractivity contribution in [1.29, 1.82) is 0 Å². The van der Waals surface area contributed by atoms with Gasteiger partial charge in [0.25, 0.3) is 0 Å². The lowest BCUT2D eigenvalue weighted by molar-refractivity contribution is -0.917. The van der Waals surface area contributed by atoms with Gasteiger partial charge in [0.1, 0.15) is 12.3 Å². The Kier molecular flexibility index (Phi) is 5.21. The molecule has 4 rings (SSSR count). The maximum absolute atomic E-state index is 13.0. The standard InChI is InChI=1S/C22H28N2O3S/c1-16-6-7-21(12-17(16)2)28(26,27)24-10-8-23(9-11-24)15-20-13-18-4-3-5-19(18)14-22(20)25/h6-7,12-14,25H,3-5,8-11,15H2,1-2H3/p+1. The smallest absolute Gasteiger partial charge is 0.243 e. The van der Waals surface area contributed by atoms with Gasteiger partial charge in [-0.3, -0.25) is 0 Å². The van der Waals surface area contributed by atoms with E-state index < -0.39 is 10.0 Å². The molecule has 0 atom stereocenters. The third-order valence-corrected chi connectivity index (χ3v) is 8.17. The molecule has 1 aliphatic heterocycles. The lowest BCUT2D eigenvalue weighted by Crippen LogP contribution is -3.13. The normalized spacial score (nSPS) is 18.4. The predicted molar refractivity (Wildman–Crippen MR) is 109 cm³/mol. The van der Waals surface area contributed by atoms with Crippen molar-refractivity contribution in [2.24, 2.45) is 0 Å². The van der Waals surface area contributed by atoms with Crippen LogP contribution in [0.3, 0.4) is 0 Å². The summed E-state index contributed by atoms with van der Waals surface area (Å²) < 4.78 is 27.5. The van der Waals surface area contributed by atoms with Gasteiger partial charge >= 0.3 is 0 Å². The maximum atomic E-state index is 13.0. The van der Waals surface area contributed by atoms with Gasteiger partial charge in [0, 0.05) is 5.56 Å². The first-order valence-electron chi connectivity index (χ1n) is 10.1. The Balaban J connectivity index is 1.43. The summed E-state index contributed by atoms with van der Waals surface area (Å²) in [5.41, 5.74) is 5.73. The zero-order valence-electron chi connectivity index (χ0n) is 16.7. The number of hydrogen-bond acceptors (Lipinski definition) is 3. The molecule has 5 nitrogen and oxygen atoms in total. The number of piperazine rings is 1. The Morgan fingerprint density at radius 2 is 1.68 bits per heavy atom. The Morgan fingerprint density at radius 3 is 2.36 bits per heavy atom. The number of quaternary nitrogens is 1. The molecule has 2 N–H and O–H groups in total. The monoisotopic (exact) mass is 401 g/mol. The maximum Gasteiger partial charge on any atom is 0.243 e. The summed E-state index contributed by atoms with van der Waals surface area (Å²) >= 11 is 0. The first-order valence-corrected chi connectivity index (χ1v) is 11.5. The largest absolute Gasteiger partial charge is 0.507 e. The van der Waals surface area contributed by atoms with Gasteiger partial charge in [0.05, 0.1) is 31.1 Å². The van der Waals surface area contributed by atoms with E-state index in [-0.39, 0.29) is 0 Å². The molecule has 6 heteroatoms. The van der Waals surface area contributed by atoms with E-state index in [4.69, 9.17) is 0 Å². The highest BCUT2D eigenvalue weighted by molar-refractivity contribution is 7.89. The molecule has 2 aromatic carbocycles. The van der Waals surface area contributed by atoms with Crippen molar-refractivity contribution in [3.63, 3.8) is 0 Å². The molecule has 1 fully saturated rings. The summed E-state index contributed by atoms with van der Waals surface area (Å²) in [7, 11) is -3.44. The number of aryl methyl sites for hydroxylation is 4. The molecule has 0 bridgehead atoms. The predicted octanol–water partition coefficient (Wildman–Crippen LogP) is 1.59. The number of sulfonamides is 1. The molecule has 0 unspecified atom stereocenters. The van der Waals surface area contributed by atoms with Crippen molar-refractivity contribution < 1.29 is 18.4 Å². The van der Waals surface area contributed by atoms with Crippen LogP contribution < -0.4 is 4.90 Å². The van der Waals surface area contributed by atoms with Crippen molar-refractivity contribution in [1.82, 2.24) is 4.31 Å². The number of rotatable bonds is 4. The van der Waals surface area contributed by atoms with Gasteiger partial charge in [-0.15, -0.1) is 0 Å². The van der Waals surface area contributed by atoms with Gasteiger partial charge in [-0.1, -0.05) is 6.07 Å². The quantitative estimate of drug-likeness (QED) is 0.818. The van der Waals surface area contributed by atoms with E-state index in [0.29, 0.717) is 23.7 Å². The molecule has 2 aromatic rings. The number of hydrogen-bond donors (Lipinski definition) is 2. The van der Waals surface area contributed by atoms with Crippen LogP contribution in [0.25, 0.3) is 0 Å². The fraction of sp³-hybridized carbons (Fsp3) is 0.455. The fourth-order valence-corrected chi connectivity index (χ4v) is 5.84. The minimum atomic E-state index is -3.44. The zero-order valence-corrected chi connectivity index (χ0v) is 17.5. The molecule has 28 heavy (non-hydrogen) atoms. The molecular formula is C22H29N2O3S+. The second kappa shape index (κ2) is 7.50. The Bertz CT molecular complexity index is 993. The van der Waals surface area contributed by atoms with E-state index in [1.165, 1.54) is 22.4 Å². The van der Waals surface area contributed by atoms with Crippen LogP contribution in [0.5, 0.6) is 5.75 Å². The van der Waals surface area contributed by atoms with E-state index in [2.05, 4.69) is 6.07 Å². The van der Waals surface area contributed by atoms with Crippen molar-refractivity contribution in [3.05, 3.63) is 58.1 Å². The highest BCUT2D eigenvalue weighted by Gasteiger charge is 2.31. The number of aromatic hydroxyl groups is 1. The van der Waals surface area contributed by atoms with E-state index in [0.717, 1.165) is 49.2 Å². The zero-order chi connectivity index (χ0) is 19.9. The molecule has 0 amide bonds. The van der Waals surface area contributed by atoms with Gasteiger partial charge in [0.15, 0.2) is 0 Å². The number of phenols is 1. The number of phenolic OH excluding ortho intramolecular Hbond substituents is 1. The van der Waals surface area contributed by atoms with Crippen LogP contribution in [0, 0.1) is 13.8 Å². The van der Waals surface area contributed by atoms with Gasteiger partial charge in [0.2, 0.25) is 10.0 Å². The highest BCUT2D eigenvalue weighted by atomic mass is 32.2. The summed E-state index contributed by atoms with van der Waals surface area (Å²) in [5.74, 6) is 0.387. The van der Waals surface area contributed by atoms with Crippen LogP contribution in [0.2, 0.25) is 0 Å². The fourth-order valence-electron chi connectivity index (χ4n) is 4.32. The van der Waals surface area contributed by atoms with E-state index in [1.807, 2.05) is 26.0 Å². The van der Waals surface area contributed by atoms with Gasteiger partial charge in [-0.05, 0) is 79.6 Å². The van der Waals surface area contributed by atoms with Crippen molar-refractivity contribution in [3.8, 4) is 5.75 Å². The van der Waals surface area contributed by atoms with Crippen LogP contribution in [0.4, 0.5) is 0 Å².